The summed E-state index contributed by atoms with van der Waals surface area (Å²) in [5, 5.41) is 16.7. The molecule has 1 aromatic heterocycles. The zero-order valence-corrected chi connectivity index (χ0v) is 19.0. The van der Waals surface area contributed by atoms with Crippen molar-refractivity contribution in [3.63, 3.8) is 0 Å². The van der Waals surface area contributed by atoms with Gasteiger partial charge >= 0.3 is 0 Å². The monoisotopic (exact) mass is 478 g/mol. The van der Waals surface area contributed by atoms with Crippen LogP contribution in [0.1, 0.15) is 17.3 Å². The van der Waals surface area contributed by atoms with Crippen LogP contribution in [-0.2, 0) is 4.79 Å². The summed E-state index contributed by atoms with van der Waals surface area (Å²) in [4.78, 5) is 40.6. The smallest absolute Gasteiger partial charge is 0.270 e. The van der Waals surface area contributed by atoms with Crippen molar-refractivity contribution < 1.29 is 14.5 Å². The van der Waals surface area contributed by atoms with Crippen LogP contribution in [0.2, 0.25) is 0 Å². The van der Waals surface area contributed by atoms with Crippen LogP contribution in [0.25, 0.3) is 10.2 Å². The zero-order chi connectivity index (χ0) is 23.4. The molecular weight excluding hydrogens is 460 g/mol. The molecule has 1 atom stereocenters. The largest absolute Gasteiger partial charge is 0.322 e. The Hall–Kier alpha value is -3.76. The number of nitrogens with one attached hydrogen (secondary N) is 2. The van der Waals surface area contributed by atoms with Gasteiger partial charge in [0.2, 0.25) is 5.91 Å². The van der Waals surface area contributed by atoms with Crippen LogP contribution in [0.4, 0.5) is 16.5 Å². The zero-order valence-electron chi connectivity index (χ0n) is 17.3. The maximum atomic E-state index is 12.6. The number of fused-ring (bicyclic) bond motifs is 1. The molecule has 0 aliphatic rings. The summed E-state index contributed by atoms with van der Waals surface area (Å²) in [6.45, 7) is 1.81. The summed E-state index contributed by atoms with van der Waals surface area (Å²) >= 11 is 2.81. The van der Waals surface area contributed by atoms with Crippen molar-refractivity contribution in [3.05, 3.63) is 88.5 Å². The molecule has 0 spiro atoms. The van der Waals surface area contributed by atoms with E-state index in [0.717, 1.165) is 15.1 Å². The second-order valence-electron chi connectivity index (χ2n) is 7.02. The Labute approximate surface area is 197 Å². The average Bonchev–Trinajstić information content (AvgIpc) is 3.22. The standard InChI is InChI=1S/C23H18N4O4S2/c1-14(21(28)26-23-25-19-7-2-3-8-20(19)33-23)32-18-11-9-16(10-12-18)24-22(29)15-5-4-6-17(13-15)27(30)31/h2-14H,1H3,(H,24,29)(H,25,26,28). The second kappa shape index (κ2) is 9.80. The van der Waals surface area contributed by atoms with Crippen LogP contribution < -0.4 is 10.6 Å². The number of rotatable bonds is 7. The Kier molecular flexibility index (Phi) is 6.66. The Morgan fingerprint density at radius 2 is 1.79 bits per heavy atom. The first-order chi connectivity index (χ1) is 15.9. The minimum atomic E-state index is -0.545. The number of hydrogen-bond donors (Lipinski definition) is 2. The molecule has 0 saturated carbocycles. The van der Waals surface area contributed by atoms with Gasteiger partial charge in [0, 0.05) is 28.3 Å². The van der Waals surface area contributed by atoms with Gasteiger partial charge in [-0.15, -0.1) is 11.8 Å². The first-order valence-corrected chi connectivity index (χ1v) is 11.6. The fraction of sp³-hybridized carbons (Fsp3) is 0.0870. The Balaban J connectivity index is 1.34. The molecule has 1 unspecified atom stereocenters. The van der Waals surface area contributed by atoms with Gasteiger partial charge in [0.15, 0.2) is 5.13 Å². The number of carbonyl (C=O) groups is 2. The van der Waals surface area contributed by atoms with Crippen LogP contribution in [0, 0.1) is 10.1 Å². The number of thiazole rings is 1. The summed E-state index contributed by atoms with van der Waals surface area (Å²) in [6.07, 6.45) is 0. The van der Waals surface area contributed by atoms with Gasteiger partial charge in [0.1, 0.15) is 0 Å². The lowest BCUT2D eigenvalue weighted by Crippen LogP contribution is -2.22. The van der Waals surface area contributed by atoms with E-state index in [0.29, 0.717) is 10.8 Å². The number of benzene rings is 3. The molecule has 2 N–H and O–H groups in total. The number of aromatic nitrogens is 1. The molecule has 166 valence electrons. The second-order valence-corrected chi connectivity index (χ2v) is 9.47. The van der Waals surface area contributed by atoms with Crippen molar-refractivity contribution in [1.29, 1.82) is 0 Å². The van der Waals surface area contributed by atoms with Gasteiger partial charge in [0.05, 0.1) is 20.4 Å². The predicted octanol–water partition coefficient (Wildman–Crippen LogP) is 5.58. The maximum absolute atomic E-state index is 12.6. The van der Waals surface area contributed by atoms with Gasteiger partial charge in [0.25, 0.3) is 11.6 Å². The van der Waals surface area contributed by atoms with E-state index in [1.807, 2.05) is 31.2 Å². The third kappa shape index (κ3) is 5.54. The molecule has 3 aromatic carbocycles. The van der Waals surface area contributed by atoms with Gasteiger partial charge in [-0.3, -0.25) is 19.7 Å². The number of amides is 2. The van der Waals surface area contributed by atoms with E-state index in [4.69, 9.17) is 0 Å². The van der Waals surface area contributed by atoms with Crippen LogP contribution in [0.15, 0.2) is 77.7 Å². The summed E-state index contributed by atoms with van der Waals surface area (Å²) in [6, 6.07) is 20.3. The molecule has 0 aliphatic carbocycles. The summed E-state index contributed by atoms with van der Waals surface area (Å²) in [7, 11) is 0. The van der Waals surface area contributed by atoms with Crippen LogP contribution in [0.5, 0.6) is 0 Å². The summed E-state index contributed by atoms with van der Waals surface area (Å²) in [5.41, 5.74) is 1.44. The molecule has 0 fully saturated rings. The first-order valence-electron chi connectivity index (χ1n) is 9.88. The highest BCUT2D eigenvalue weighted by Crippen LogP contribution is 2.28. The molecule has 8 nitrogen and oxygen atoms in total. The molecule has 4 aromatic rings. The van der Waals surface area contributed by atoms with E-state index in [1.165, 1.54) is 47.4 Å². The Morgan fingerprint density at radius 1 is 1.03 bits per heavy atom. The van der Waals surface area contributed by atoms with Gasteiger partial charge in [-0.05, 0) is 49.4 Å². The third-order valence-electron chi connectivity index (χ3n) is 4.64. The van der Waals surface area contributed by atoms with Crippen LogP contribution >= 0.6 is 23.1 Å². The number of hydrogen-bond acceptors (Lipinski definition) is 7. The topological polar surface area (TPSA) is 114 Å². The van der Waals surface area contributed by atoms with E-state index in [2.05, 4.69) is 15.6 Å². The number of para-hydroxylation sites is 1. The van der Waals surface area contributed by atoms with E-state index in [-0.39, 0.29) is 22.4 Å². The number of non-ortho nitro benzene ring substituents is 1. The average molecular weight is 479 g/mol. The number of nitrogens with zero attached hydrogens (tertiary/aromatic N) is 2. The van der Waals surface area contributed by atoms with Crippen LogP contribution in [0.3, 0.4) is 0 Å². The fourth-order valence-electron chi connectivity index (χ4n) is 2.97. The first kappa shape index (κ1) is 22.4. The maximum Gasteiger partial charge on any atom is 0.270 e. The highest BCUT2D eigenvalue weighted by molar-refractivity contribution is 8.00. The SMILES string of the molecule is CC(Sc1ccc(NC(=O)c2cccc([N+](=O)[O-])c2)cc1)C(=O)Nc1nc2ccccc2s1. The summed E-state index contributed by atoms with van der Waals surface area (Å²) < 4.78 is 1.01. The highest BCUT2D eigenvalue weighted by Gasteiger charge is 2.17. The molecule has 4 rings (SSSR count). The third-order valence-corrected chi connectivity index (χ3v) is 6.70. The minimum Gasteiger partial charge on any atom is -0.322 e. The van der Waals surface area contributed by atoms with Gasteiger partial charge in [-0.2, -0.15) is 0 Å². The van der Waals surface area contributed by atoms with Crippen molar-refractivity contribution in [3.8, 4) is 0 Å². The number of nitro benzene ring substituents is 1. The van der Waals surface area contributed by atoms with Crippen molar-refractivity contribution in [2.24, 2.45) is 0 Å². The van der Waals surface area contributed by atoms with Crippen molar-refractivity contribution in [2.75, 3.05) is 10.6 Å². The molecule has 10 heteroatoms. The molecule has 1 heterocycles. The lowest BCUT2D eigenvalue weighted by molar-refractivity contribution is -0.384. The van der Waals surface area contributed by atoms with Crippen molar-refractivity contribution >= 4 is 61.6 Å². The fourth-order valence-corrected chi connectivity index (χ4v) is 4.71. The Morgan fingerprint density at radius 3 is 2.52 bits per heavy atom. The van der Waals surface area contributed by atoms with E-state index >= 15 is 0 Å². The molecule has 33 heavy (non-hydrogen) atoms. The molecule has 0 radical (unpaired) electrons. The van der Waals surface area contributed by atoms with Crippen molar-refractivity contribution in [2.45, 2.75) is 17.1 Å². The quantitative estimate of drug-likeness (QED) is 0.204. The molecular formula is C23H18N4O4S2. The number of carbonyl (C=O) groups excluding carboxylic acids is 2. The predicted molar refractivity (Wildman–Crippen MR) is 131 cm³/mol. The molecule has 0 saturated heterocycles. The number of thioether (sulfide) groups is 1. The number of nitro groups is 1. The van der Waals surface area contributed by atoms with E-state index in [9.17, 15) is 19.7 Å². The lowest BCUT2D eigenvalue weighted by Gasteiger charge is -2.11. The minimum absolute atomic E-state index is 0.146. The molecule has 0 bridgehead atoms. The summed E-state index contributed by atoms with van der Waals surface area (Å²) in [5.74, 6) is -0.593. The van der Waals surface area contributed by atoms with Gasteiger partial charge < -0.3 is 10.6 Å². The normalized spacial score (nSPS) is 11.7. The van der Waals surface area contributed by atoms with Crippen LogP contribution in [-0.4, -0.2) is 27.0 Å². The van der Waals surface area contributed by atoms with Crippen molar-refractivity contribution in [1.82, 2.24) is 4.98 Å². The lowest BCUT2D eigenvalue weighted by atomic mass is 10.2. The highest BCUT2D eigenvalue weighted by atomic mass is 32.2. The van der Waals surface area contributed by atoms with Gasteiger partial charge in [-0.25, -0.2) is 4.98 Å². The van der Waals surface area contributed by atoms with E-state index in [1.54, 1.807) is 24.3 Å². The molecule has 2 amide bonds. The molecule has 0 aliphatic heterocycles. The van der Waals surface area contributed by atoms with Gasteiger partial charge in [-0.1, -0.05) is 29.5 Å². The van der Waals surface area contributed by atoms with E-state index < -0.39 is 10.8 Å². The number of anilines is 2. The Bertz CT molecular complexity index is 1300.